The highest BCUT2D eigenvalue weighted by Gasteiger charge is 2.22. The van der Waals surface area contributed by atoms with Gasteiger partial charge in [-0.25, -0.2) is 8.78 Å². The van der Waals surface area contributed by atoms with Gasteiger partial charge in [0.1, 0.15) is 11.6 Å². The normalized spacial score (nSPS) is 12.5. The molecular formula is C15H13Cl2F2N. The molecule has 0 radical (unpaired) electrons. The third kappa shape index (κ3) is 2.80. The van der Waals surface area contributed by atoms with Gasteiger partial charge in [0.25, 0.3) is 0 Å². The van der Waals surface area contributed by atoms with E-state index in [1.54, 1.807) is 25.2 Å². The molecule has 1 atom stereocenters. The van der Waals surface area contributed by atoms with Gasteiger partial charge in [-0.3, -0.25) is 0 Å². The van der Waals surface area contributed by atoms with E-state index in [1.807, 2.05) is 0 Å². The Morgan fingerprint density at radius 3 is 2.20 bits per heavy atom. The van der Waals surface area contributed by atoms with E-state index in [1.165, 1.54) is 19.1 Å². The fourth-order valence-electron chi connectivity index (χ4n) is 2.12. The first-order chi connectivity index (χ1) is 9.45. The van der Waals surface area contributed by atoms with Crippen LogP contribution >= 0.6 is 23.2 Å². The Balaban J connectivity index is 2.62. The summed E-state index contributed by atoms with van der Waals surface area (Å²) in [7, 11) is 1.64. The standard InChI is InChI=1S/C15H13Cl2F2N/c1-8-6-13(19)9(7-12(8)18)15(20-2)14-10(16)4-3-5-11(14)17/h3-7,15,20H,1-2H3. The maximum absolute atomic E-state index is 14.1. The summed E-state index contributed by atoms with van der Waals surface area (Å²) in [6, 6.07) is 6.75. The van der Waals surface area contributed by atoms with Crippen molar-refractivity contribution in [2.24, 2.45) is 0 Å². The van der Waals surface area contributed by atoms with E-state index in [2.05, 4.69) is 5.32 Å². The monoisotopic (exact) mass is 315 g/mol. The first-order valence-corrected chi connectivity index (χ1v) is 6.78. The van der Waals surface area contributed by atoms with E-state index in [4.69, 9.17) is 23.2 Å². The first-order valence-electron chi connectivity index (χ1n) is 6.02. The van der Waals surface area contributed by atoms with Gasteiger partial charge < -0.3 is 5.32 Å². The van der Waals surface area contributed by atoms with Crippen LogP contribution in [-0.4, -0.2) is 7.05 Å². The predicted octanol–water partition coefficient (Wildman–Crippen LogP) is 4.89. The zero-order chi connectivity index (χ0) is 14.9. The summed E-state index contributed by atoms with van der Waals surface area (Å²) in [5.41, 5.74) is 0.956. The molecule has 2 aromatic carbocycles. The molecule has 0 bridgehead atoms. The third-order valence-corrected chi connectivity index (χ3v) is 3.83. The molecule has 0 aliphatic heterocycles. The van der Waals surface area contributed by atoms with E-state index in [0.29, 0.717) is 15.6 Å². The molecule has 1 unspecified atom stereocenters. The second kappa shape index (κ2) is 6.08. The Morgan fingerprint density at radius 1 is 1.05 bits per heavy atom. The lowest BCUT2D eigenvalue weighted by Crippen LogP contribution is -2.20. The van der Waals surface area contributed by atoms with E-state index in [0.717, 1.165) is 0 Å². The van der Waals surface area contributed by atoms with Crippen molar-refractivity contribution in [2.45, 2.75) is 13.0 Å². The van der Waals surface area contributed by atoms with Crippen molar-refractivity contribution in [1.82, 2.24) is 5.32 Å². The summed E-state index contributed by atoms with van der Waals surface area (Å²) in [5, 5.41) is 3.73. The molecule has 0 aliphatic carbocycles. The molecule has 1 nitrogen and oxygen atoms in total. The fourth-order valence-corrected chi connectivity index (χ4v) is 2.74. The van der Waals surface area contributed by atoms with Gasteiger partial charge >= 0.3 is 0 Å². The lowest BCUT2D eigenvalue weighted by molar-refractivity contribution is 0.554. The van der Waals surface area contributed by atoms with Crippen molar-refractivity contribution in [3.8, 4) is 0 Å². The van der Waals surface area contributed by atoms with Crippen LogP contribution in [0.15, 0.2) is 30.3 Å². The van der Waals surface area contributed by atoms with Crippen molar-refractivity contribution < 1.29 is 8.78 Å². The number of benzene rings is 2. The molecule has 0 heterocycles. The number of nitrogens with one attached hydrogen (secondary N) is 1. The van der Waals surface area contributed by atoms with Crippen molar-refractivity contribution in [2.75, 3.05) is 7.05 Å². The molecule has 0 fully saturated rings. The summed E-state index contributed by atoms with van der Waals surface area (Å²) in [6.07, 6.45) is 0. The Bertz CT molecular complexity index is 624. The molecule has 106 valence electrons. The molecule has 5 heteroatoms. The van der Waals surface area contributed by atoms with Gasteiger partial charge in [0.15, 0.2) is 0 Å². The quantitative estimate of drug-likeness (QED) is 0.850. The molecule has 0 aliphatic rings. The zero-order valence-electron chi connectivity index (χ0n) is 11.0. The number of aryl methyl sites for hydroxylation is 1. The summed E-state index contributed by atoms with van der Waals surface area (Å²) in [5.74, 6) is -0.968. The van der Waals surface area contributed by atoms with Gasteiger partial charge in [-0.05, 0) is 43.8 Å². The smallest absolute Gasteiger partial charge is 0.128 e. The maximum atomic E-state index is 14.1. The topological polar surface area (TPSA) is 12.0 Å². The Kier molecular flexibility index (Phi) is 4.63. The van der Waals surface area contributed by atoms with Crippen LogP contribution in [0.1, 0.15) is 22.7 Å². The SMILES string of the molecule is CNC(c1cc(F)c(C)cc1F)c1c(Cl)cccc1Cl. The molecule has 20 heavy (non-hydrogen) atoms. The third-order valence-electron chi connectivity index (χ3n) is 3.17. The van der Waals surface area contributed by atoms with Crippen LogP contribution in [0.3, 0.4) is 0 Å². The molecule has 1 N–H and O–H groups in total. The van der Waals surface area contributed by atoms with Gasteiger partial charge in [-0.15, -0.1) is 0 Å². The summed E-state index contributed by atoms with van der Waals surface area (Å²) >= 11 is 12.3. The van der Waals surface area contributed by atoms with Gasteiger partial charge in [0, 0.05) is 21.2 Å². The zero-order valence-corrected chi connectivity index (χ0v) is 12.5. The number of rotatable bonds is 3. The average molecular weight is 316 g/mol. The van der Waals surface area contributed by atoms with E-state index in [9.17, 15) is 8.78 Å². The first kappa shape index (κ1) is 15.2. The van der Waals surface area contributed by atoms with Gasteiger partial charge in [-0.1, -0.05) is 29.3 Å². The highest BCUT2D eigenvalue weighted by Crippen LogP contribution is 2.35. The highest BCUT2D eigenvalue weighted by atomic mass is 35.5. The largest absolute Gasteiger partial charge is 0.309 e. The summed E-state index contributed by atoms with van der Waals surface area (Å²) in [6.45, 7) is 1.51. The molecule has 0 aromatic heterocycles. The van der Waals surface area contributed by atoms with Crippen molar-refractivity contribution in [3.05, 3.63) is 68.7 Å². The van der Waals surface area contributed by atoms with Crippen LogP contribution in [0, 0.1) is 18.6 Å². The Morgan fingerprint density at radius 2 is 1.65 bits per heavy atom. The van der Waals surface area contributed by atoms with Crippen LogP contribution in [0.2, 0.25) is 10.0 Å². The fraction of sp³-hybridized carbons (Fsp3) is 0.200. The molecule has 2 aromatic rings. The van der Waals surface area contributed by atoms with Gasteiger partial charge in [0.05, 0.1) is 6.04 Å². The van der Waals surface area contributed by atoms with Crippen LogP contribution < -0.4 is 5.32 Å². The molecule has 0 amide bonds. The van der Waals surface area contributed by atoms with Crippen LogP contribution in [0.25, 0.3) is 0 Å². The number of halogens is 4. The van der Waals surface area contributed by atoms with Crippen molar-refractivity contribution >= 4 is 23.2 Å². The molecule has 0 spiro atoms. The van der Waals surface area contributed by atoms with E-state index in [-0.39, 0.29) is 11.1 Å². The number of hydrogen-bond donors (Lipinski definition) is 1. The lowest BCUT2D eigenvalue weighted by atomic mass is 9.97. The summed E-state index contributed by atoms with van der Waals surface area (Å²) in [4.78, 5) is 0. The van der Waals surface area contributed by atoms with Crippen LogP contribution in [-0.2, 0) is 0 Å². The van der Waals surface area contributed by atoms with Crippen LogP contribution in [0.4, 0.5) is 8.78 Å². The second-order valence-electron chi connectivity index (χ2n) is 4.48. The minimum atomic E-state index is -0.619. The highest BCUT2D eigenvalue weighted by molar-refractivity contribution is 6.36. The number of hydrogen-bond acceptors (Lipinski definition) is 1. The summed E-state index contributed by atoms with van der Waals surface area (Å²) < 4.78 is 27.8. The molecule has 0 saturated carbocycles. The predicted molar refractivity (Wildman–Crippen MR) is 78.5 cm³/mol. The Labute approximate surface area is 126 Å². The molecule has 0 saturated heterocycles. The van der Waals surface area contributed by atoms with Crippen molar-refractivity contribution in [3.63, 3.8) is 0 Å². The molecule has 2 rings (SSSR count). The van der Waals surface area contributed by atoms with Crippen molar-refractivity contribution in [1.29, 1.82) is 0 Å². The van der Waals surface area contributed by atoms with Crippen LogP contribution in [0.5, 0.6) is 0 Å². The lowest BCUT2D eigenvalue weighted by Gasteiger charge is -2.21. The van der Waals surface area contributed by atoms with E-state index >= 15 is 0 Å². The van der Waals surface area contributed by atoms with Gasteiger partial charge in [-0.2, -0.15) is 0 Å². The maximum Gasteiger partial charge on any atom is 0.128 e. The average Bonchev–Trinajstić information content (AvgIpc) is 2.39. The Hall–Kier alpha value is -1.16. The molecular weight excluding hydrogens is 303 g/mol. The van der Waals surface area contributed by atoms with Gasteiger partial charge in [0.2, 0.25) is 0 Å². The minimum Gasteiger partial charge on any atom is -0.309 e. The minimum absolute atomic E-state index is 0.172. The van der Waals surface area contributed by atoms with E-state index < -0.39 is 17.7 Å². The second-order valence-corrected chi connectivity index (χ2v) is 5.29.